The maximum Gasteiger partial charge on any atom is 0.404 e. The first-order valence-electron chi connectivity index (χ1n) is 5.96. The van der Waals surface area contributed by atoms with Crippen LogP contribution in [0.5, 0.6) is 0 Å². The molecule has 0 saturated carbocycles. The first kappa shape index (κ1) is 15.2. The largest absolute Gasteiger partial charge is 0.445 e. The first-order valence-corrected chi connectivity index (χ1v) is 7.81. The molecule has 6 nitrogen and oxygen atoms in total. The molecule has 18 heavy (non-hydrogen) atoms. The number of hydrogen-bond donors (Lipinski definition) is 1. The van der Waals surface area contributed by atoms with Crippen LogP contribution >= 0.6 is 0 Å². The van der Waals surface area contributed by atoms with E-state index in [-0.39, 0.29) is 11.5 Å². The molecule has 1 aliphatic rings. The highest BCUT2D eigenvalue weighted by molar-refractivity contribution is 7.88. The van der Waals surface area contributed by atoms with Crippen LogP contribution < -0.4 is 5.73 Å². The summed E-state index contributed by atoms with van der Waals surface area (Å²) >= 11 is 0. The number of ether oxygens (including phenoxy) is 1. The van der Waals surface area contributed by atoms with Crippen molar-refractivity contribution in [1.29, 1.82) is 0 Å². The molecule has 106 valence electrons. The van der Waals surface area contributed by atoms with Crippen molar-refractivity contribution in [2.75, 3.05) is 12.8 Å². The van der Waals surface area contributed by atoms with Crippen molar-refractivity contribution in [1.82, 2.24) is 4.31 Å². The number of rotatable bonds is 2. The topological polar surface area (TPSA) is 89.7 Å². The summed E-state index contributed by atoms with van der Waals surface area (Å²) < 4.78 is 30.2. The van der Waals surface area contributed by atoms with Crippen LogP contribution in [-0.4, -0.2) is 43.8 Å². The molecule has 1 saturated heterocycles. The number of sulfonamides is 1. The summed E-state index contributed by atoms with van der Waals surface area (Å²) in [5.41, 5.74) is 4.72. The van der Waals surface area contributed by atoms with Gasteiger partial charge in [-0.1, -0.05) is 20.8 Å². The van der Waals surface area contributed by atoms with Crippen molar-refractivity contribution in [3.05, 3.63) is 0 Å². The Balaban J connectivity index is 3.09. The molecule has 7 heteroatoms. The lowest BCUT2D eigenvalue weighted by Crippen LogP contribution is -2.57. The van der Waals surface area contributed by atoms with Crippen LogP contribution in [0.4, 0.5) is 4.79 Å². The van der Waals surface area contributed by atoms with E-state index in [1.807, 2.05) is 20.8 Å². The number of carbonyl (C=O) groups excluding carboxylic acids is 1. The molecular weight excluding hydrogens is 256 g/mol. The summed E-state index contributed by atoms with van der Waals surface area (Å²) in [5.74, 6) is 0. The van der Waals surface area contributed by atoms with Crippen LogP contribution in [0, 0.1) is 5.41 Å². The van der Waals surface area contributed by atoms with E-state index < -0.39 is 22.2 Å². The second kappa shape index (κ2) is 5.05. The average molecular weight is 278 g/mol. The molecule has 0 aromatic rings. The van der Waals surface area contributed by atoms with Crippen molar-refractivity contribution in [3.63, 3.8) is 0 Å². The Hall–Kier alpha value is -0.820. The molecule has 0 spiro atoms. The predicted molar refractivity (Wildman–Crippen MR) is 68.5 cm³/mol. The van der Waals surface area contributed by atoms with Gasteiger partial charge in [-0.3, -0.25) is 0 Å². The summed E-state index contributed by atoms with van der Waals surface area (Å²) in [6.45, 7) is 6.24. The minimum Gasteiger partial charge on any atom is -0.445 e. The molecule has 1 unspecified atom stereocenters. The van der Waals surface area contributed by atoms with Gasteiger partial charge in [0.2, 0.25) is 10.0 Å². The van der Waals surface area contributed by atoms with Crippen LogP contribution in [0.1, 0.15) is 33.6 Å². The van der Waals surface area contributed by atoms with Gasteiger partial charge in [-0.25, -0.2) is 13.2 Å². The lowest BCUT2D eigenvalue weighted by atomic mass is 9.80. The molecule has 0 bridgehead atoms. The van der Waals surface area contributed by atoms with Gasteiger partial charge in [-0.2, -0.15) is 4.31 Å². The fourth-order valence-electron chi connectivity index (χ4n) is 2.57. The lowest BCUT2D eigenvalue weighted by molar-refractivity contribution is -0.0111. The number of primary amides is 1. The highest BCUT2D eigenvalue weighted by Gasteiger charge is 2.44. The number of piperidine rings is 1. The van der Waals surface area contributed by atoms with Gasteiger partial charge in [0.05, 0.1) is 12.3 Å². The summed E-state index contributed by atoms with van der Waals surface area (Å²) in [6, 6.07) is -0.381. The van der Waals surface area contributed by atoms with Crippen LogP contribution in [0.25, 0.3) is 0 Å². The van der Waals surface area contributed by atoms with Gasteiger partial charge in [-0.05, 0) is 18.3 Å². The van der Waals surface area contributed by atoms with Gasteiger partial charge < -0.3 is 10.5 Å². The first-order chi connectivity index (χ1) is 8.03. The molecule has 1 fully saturated rings. The number of amides is 1. The SMILES string of the molecule is CC(C)(C)[C@@H]1C(OC(N)=O)CCCN1S(C)(=O)=O. The molecule has 2 atom stereocenters. The Morgan fingerprint density at radius 1 is 1.39 bits per heavy atom. The fraction of sp³-hybridized carbons (Fsp3) is 0.909. The standard InChI is InChI=1S/C11H22N2O4S/c1-11(2,3)9-8(17-10(12)14)6-5-7-13(9)18(4,15)16/h8-9H,5-7H2,1-4H3,(H2,12,14)/t8?,9-/m0/s1. The number of hydrogen-bond acceptors (Lipinski definition) is 4. The molecule has 1 heterocycles. The molecule has 1 amide bonds. The number of carbonyl (C=O) groups is 1. The Kier molecular flexibility index (Phi) is 4.27. The molecule has 0 aliphatic carbocycles. The molecule has 0 aromatic heterocycles. The van der Waals surface area contributed by atoms with Gasteiger partial charge in [0.1, 0.15) is 6.10 Å². The van der Waals surface area contributed by atoms with Crippen molar-refractivity contribution < 1.29 is 17.9 Å². The van der Waals surface area contributed by atoms with Gasteiger partial charge >= 0.3 is 6.09 Å². The molecular formula is C11H22N2O4S. The van der Waals surface area contributed by atoms with Gasteiger partial charge in [0.15, 0.2) is 0 Å². The normalized spacial score (nSPS) is 26.9. The maximum atomic E-state index is 11.8. The second-order valence-electron chi connectivity index (χ2n) is 5.80. The van der Waals surface area contributed by atoms with Crippen molar-refractivity contribution in [3.8, 4) is 0 Å². The maximum absolute atomic E-state index is 11.8. The summed E-state index contributed by atoms with van der Waals surface area (Å²) in [5, 5.41) is 0. The second-order valence-corrected chi connectivity index (χ2v) is 7.74. The van der Waals surface area contributed by atoms with Gasteiger partial charge in [-0.15, -0.1) is 0 Å². The summed E-state index contributed by atoms with van der Waals surface area (Å²) in [6.07, 6.45) is 1.14. The zero-order valence-corrected chi connectivity index (χ0v) is 12.2. The third-order valence-corrected chi connectivity index (χ3v) is 4.37. The predicted octanol–water partition coefficient (Wildman–Crippen LogP) is 0.920. The van der Waals surface area contributed by atoms with E-state index in [1.165, 1.54) is 10.6 Å². The molecule has 1 aliphatic heterocycles. The monoisotopic (exact) mass is 278 g/mol. The summed E-state index contributed by atoms with van der Waals surface area (Å²) in [4.78, 5) is 10.9. The van der Waals surface area contributed by atoms with E-state index in [1.54, 1.807) is 0 Å². The van der Waals surface area contributed by atoms with Crippen molar-refractivity contribution in [2.24, 2.45) is 11.1 Å². The van der Waals surface area contributed by atoms with E-state index >= 15 is 0 Å². The van der Waals surface area contributed by atoms with E-state index in [0.29, 0.717) is 19.4 Å². The van der Waals surface area contributed by atoms with E-state index in [4.69, 9.17) is 10.5 Å². The number of nitrogens with zero attached hydrogens (tertiary/aromatic N) is 1. The Bertz CT molecular complexity index is 413. The highest BCUT2D eigenvalue weighted by atomic mass is 32.2. The Morgan fingerprint density at radius 3 is 2.33 bits per heavy atom. The van der Waals surface area contributed by atoms with Crippen molar-refractivity contribution in [2.45, 2.75) is 45.8 Å². The lowest BCUT2D eigenvalue weighted by Gasteiger charge is -2.45. The highest BCUT2D eigenvalue weighted by Crippen LogP contribution is 2.35. The molecule has 0 aromatic carbocycles. The number of nitrogens with two attached hydrogens (primary N) is 1. The van der Waals surface area contributed by atoms with Gasteiger partial charge in [0, 0.05) is 6.54 Å². The molecule has 2 N–H and O–H groups in total. The zero-order valence-electron chi connectivity index (χ0n) is 11.3. The summed E-state index contributed by atoms with van der Waals surface area (Å²) in [7, 11) is -3.33. The van der Waals surface area contributed by atoms with Crippen LogP contribution in [0.3, 0.4) is 0 Å². The van der Waals surface area contributed by atoms with Crippen LogP contribution in [0.2, 0.25) is 0 Å². The van der Waals surface area contributed by atoms with Crippen LogP contribution in [-0.2, 0) is 14.8 Å². The van der Waals surface area contributed by atoms with Crippen LogP contribution in [0.15, 0.2) is 0 Å². The van der Waals surface area contributed by atoms with Gasteiger partial charge in [0.25, 0.3) is 0 Å². The minimum absolute atomic E-state index is 0.330. The third kappa shape index (κ3) is 3.58. The van der Waals surface area contributed by atoms with E-state index in [2.05, 4.69) is 0 Å². The Morgan fingerprint density at radius 2 is 1.94 bits per heavy atom. The quantitative estimate of drug-likeness (QED) is 0.813. The zero-order chi connectivity index (χ0) is 14.1. The smallest absolute Gasteiger partial charge is 0.404 e. The van der Waals surface area contributed by atoms with E-state index in [9.17, 15) is 13.2 Å². The van der Waals surface area contributed by atoms with Crippen molar-refractivity contribution >= 4 is 16.1 Å². The molecule has 1 rings (SSSR count). The third-order valence-electron chi connectivity index (χ3n) is 3.11. The average Bonchev–Trinajstić information content (AvgIpc) is 2.13. The fourth-order valence-corrected chi connectivity index (χ4v) is 3.89. The minimum atomic E-state index is -3.33. The Labute approximate surface area is 109 Å². The molecule has 0 radical (unpaired) electrons. The van der Waals surface area contributed by atoms with E-state index in [0.717, 1.165) is 0 Å².